The molecule has 1 aromatic carbocycles. The van der Waals surface area contributed by atoms with Gasteiger partial charge in [-0.05, 0) is 42.7 Å². The van der Waals surface area contributed by atoms with E-state index in [1.165, 1.54) is 28.3 Å². The van der Waals surface area contributed by atoms with Gasteiger partial charge in [0.2, 0.25) is 0 Å². The van der Waals surface area contributed by atoms with Gasteiger partial charge >= 0.3 is 6.36 Å². The van der Waals surface area contributed by atoms with Crippen molar-refractivity contribution in [2.75, 3.05) is 0 Å². The fourth-order valence-electron chi connectivity index (χ4n) is 2.98. The molecule has 0 unspecified atom stereocenters. The van der Waals surface area contributed by atoms with Gasteiger partial charge < -0.3 is 4.74 Å². The quantitative estimate of drug-likeness (QED) is 0.642. The van der Waals surface area contributed by atoms with E-state index >= 15 is 0 Å². The minimum absolute atomic E-state index is 0.0115. The van der Waals surface area contributed by atoms with Crippen LogP contribution in [-0.4, -0.2) is 20.5 Å². The van der Waals surface area contributed by atoms with Gasteiger partial charge in [0.25, 0.3) is 5.56 Å². The maximum Gasteiger partial charge on any atom is 0.573 e. The number of rotatable bonds is 3. The zero-order chi connectivity index (χ0) is 20.1. The van der Waals surface area contributed by atoms with Gasteiger partial charge in [0, 0.05) is 17.8 Å². The Labute approximate surface area is 157 Å². The molecule has 0 bridgehead atoms. The van der Waals surface area contributed by atoms with Crippen LogP contribution in [0.3, 0.4) is 0 Å². The first-order valence-corrected chi connectivity index (χ1v) is 8.52. The van der Waals surface area contributed by atoms with Crippen molar-refractivity contribution in [3.8, 4) is 17.1 Å². The van der Waals surface area contributed by atoms with E-state index in [1.807, 2.05) is 19.9 Å². The lowest BCUT2D eigenvalue weighted by molar-refractivity contribution is -0.274. The van der Waals surface area contributed by atoms with Crippen molar-refractivity contribution in [3.63, 3.8) is 0 Å². The molecule has 3 rings (SSSR count). The van der Waals surface area contributed by atoms with Crippen LogP contribution in [0, 0.1) is 6.92 Å². The van der Waals surface area contributed by atoms with E-state index in [9.17, 15) is 18.0 Å². The average Bonchev–Trinajstić information content (AvgIpc) is 2.87. The minimum Gasteiger partial charge on any atom is -0.405 e. The van der Waals surface area contributed by atoms with Crippen molar-refractivity contribution in [1.82, 2.24) is 14.2 Å². The molecule has 0 saturated heterocycles. The van der Waals surface area contributed by atoms with Crippen LogP contribution >= 0.6 is 11.6 Å². The highest BCUT2D eigenvalue weighted by Crippen LogP contribution is 2.35. The Balaban J connectivity index is 2.32. The van der Waals surface area contributed by atoms with Gasteiger partial charge in [-0.3, -0.25) is 9.36 Å². The Morgan fingerprint density at radius 2 is 1.89 bits per heavy atom. The topological polar surface area (TPSA) is 48.5 Å². The first-order chi connectivity index (χ1) is 12.5. The van der Waals surface area contributed by atoms with Gasteiger partial charge in [-0.1, -0.05) is 25.4 Å². The van der Waals surface area contributed by atoms with Gasteiger partial charge in [0.1, 0.15) is 11.3 Å². The number of benzene rings is 1. The summed E-state index contributed by atoms with van der Waals surface area (Å²) in [6.45, 7) is 5.69. The molecule has 144 valence electrons. The van der Waals surface area contributed by atoms with Crippen molar-refractivity contribution in [3.05, 3.63) is 50.9 Å². The normalized spacial score (nSPS) is 12.2. The van der Waals surface area contributed by atoms with E-state index in [4.69, 9.17) is 11.6 Å². The zero-order valence-corrected chi connectivity index (χ0v) is 15.8. The van der Waals surface area contributed by atoms with Gasteiger partial charge in [-0.15, -0.1) is 18.3 Å². The van der Waals surface area contributed by atoms with Crippen molar-refractivity contribution < 1.29 is 17.9 Å². The summed E-state index contributed by atoms with van der Waals surface area (Å²) in [7, 11) is 1.46. The van der Waals surface area contributed by atoms with Gasteiger partial charge in [0.15, 0.2) is 5.82 Å². The minimum atomic E-state index is -4.91. The fourth-order valence-corrected chi connectivity index (χ4v) is 3.14. The van der Waals surface area contributed by atoms with E-state index in [2.05, 4.69) is 9.84 Å². The van der Waals surface area contributed by atoms with E-state index in [-0.39, 0.29) is 27.9 Å². The molecule has 0 aliphatic rings. The van der Waals surface area contributed by atoms with E-state index in [0.717, 1.165) is 11.6 Å². The number of hydrogen-bond donors (Lipinski definition) is 0. The van der Waals surface area contributed by atoms with Gasteiger partial charge in [0.05, 0.1) is 5.56 Å². The first kappa shape index (κ1) is 19.3. The highest BCUT2D eigenvalue weighted by molar-refractivity contribution is 6.30. The number of fused-ring (bicyclic) bond motifs is 1. The Bertz CT molecular complexity index is 1080. The monoisotopic (exact) mass is 399 g/mol. The molecule has 9 heteroatoms. The summed E-state index contributed by atoms with van der Waals surface area (Å²) >= 11 is 5.82. The lowest BCUT2D eigenvalue weighted by atomic mass is 10.1. The molecule has 5 nitrogen and oxygen atoms in total. The highest BCUT2D eigenvalue weighted by Gasteiger charge is 2.33. The summed E-state index contributed by atoms with van der Waals surface area (Å²) in [6, 6.07) is 5.66. The molecule has 27 heavy (non-hydrogen) atoms. The number of aromatic nitrogens is 3. The summed E-state index contributed by atoms with van der Waals surface area (Å²) in [4.78, 5) is 12.9. The predicted molar refractivity (Wildman–Crippen MR) is 96.4 cm³/mol. The number of ether oxygens (including phenoxy) is 1. The molecule has 0 radical (unpaired) electrons. The smallest absolute Gasteiger partial charge is 0.405 e. The fraction of sp³-hybridized carbons (Fsp3) is 0.333. The highest BCUT2D eigenvalue weighted by atomic mass is 35.5. The summed E-state index contributed by atoms with van der Waals surface area (Å²) in [6.07, 6.45) is -4.91. The third kappa shape index (κ3) is 3.53. The lowest BCUT2D eigenvalue weighted by Gasteiger charge is -2.16. The van der Waals surface area contributed by atoms with Crippen molar-refractivity contribution in [2.24, 2.45) is 7.05 Å². The Morgan fingerprint density at radius 1 is 1.22 bits per heavy atom. The summed E-state index contributed by atoms with van der Waals surface area (Å²) in [5.41, 5.74) is 1.60. The molecular formula is C18H17ClF3N3O2. The van der Waals surface area contributed by atoms with E-state index in [1.54, 1.807) is 6.92 Å². The maximum atomic E-state index is 12.9. The average molecular weight is 400 g/mol. The SMILES string of the molecule is Cc1cc(C(C)C)c2c(=O)n(C)c(-c3ccc(Cl)cc3OC(F)(F)F)nn12. The zero-order valence-electron chi connectivity index (χ0n) is 15.1. The third-order valence-electron chi connectivity index (χ3n) is 4.24. The lowest BCUT2D eigenvalue weighted by Crippen LogP contribution is -2.25. The molecule has 0 saturated carbocycles. The number of nitrogens with zero attached hydrogens (tertiary/aromatic N) is 3. The Kier molecular flexibility index (Phi) is 4.71. The molecular weight excluding hydrogens is 383 g/mol. The van der Waals surface area contributed by atoms with Crippen molar-refractivity contribution in [2.45, 2.75) is 33.1 Å². The van der Waals surface area contributed by atoms with Crippen LogP contribution < -0.4 is 10.3 Å². The van der Waals surface area contributed by atoms with E-state index < -0.39 is 12.1 Å². The van der Waals surface area contributed by atoms with Crippen LogP contribution in [0.25, 0.3) is 16.9 Å². The molecule has 0 atom stereocenters. The van der Waals surface area contributed by atoms with E-state index in [0.29, 0.717) is 11.2 Å². The molecule has 3 aromatic rings. The summed E-state index contributed by atoms with van der Waals surface area (Å²) in [5, 5.41) is 4.49. The molecule has 0 aliphatic heterocycles. The molecule has 0 N–H and O–H groups in total. The number of halogens is 4. The molecule has 2 aromatic heterocycles. The second-order valence-electron chi connectivity index (χ2n) is 6.53. The molecule has 0 spiro atoms. The Morgan fingerprint density at radius 3 is 2.48 bits per heavy atom. The second-order valence-corrected chi connectivity index (χ2v) is 6.97. The maximum absolute atomic E-state index is 12.9. The van der Waals surface area contributed by atoms with Crippen LogP contribution in [0.15, 0.2) is 29.1 Å². The van der Waals surface area contributed by atoms with Crippen molar-refractivity contribution in [1.29, 1.82) is 0 Å². The van der Waals surface area contributed by atoms with Crippen LogP contribution in [0.1, 0.15) is 31.0 Å². The molecule has 0 aliphatic carbocycles. The van der Waals surface area contributed by atoms with Crippen LogP contribution in [0.4, 0.5) is 13.2 Å². The summed E-state index contributed by atoms with van der Waals surface area (Å²) in [5.74, 6) is -0.392. The largest absolute Gasteiger partial charge is 0.573 e. The summed E-state index contributed by atoms with van der Waals surface area (Å²) < 4.78 is 45.2. The number of hydrogen-bond acceptors (Lipinski definition) is 3. The van der Waals surface area contributed by atoms with Crippen molar-refractivity contribution >= 4 is 17.1 Å². The van der Waals surface area contributed by atoms with Crippen LogP contribution in [0.5, 0.6) is 5.75 Å². The number of alkyl halides is 3. The molecule has 0 amide bonds. The van der Waals surface area contributed by atoms with Crippen LogP contribution in [-0.2, 0) is 7.05 Å². The predicted octanol–water partition coefficient (Wildman–Crippen LogP) is 4.68. The van der Waals surface area contributed by atoms with Crippen LogP contribution in [0.2, 0.25) is 5.02 Å². The third-order valence-corrected chi connectivity index (χ3v) is 4.47. The second kappa shape index (κ2) is 6.60. The Hall–Kier alpha value is -2.48. The standard InChI is InChI=1S/C18H17ClF3N3O2/c1-9(2)13-7-10(3)25-15(13)17(26)24(4)16(23-25)12-6-5-11(19)8-14(12)27-18(20,21)22/h5-9H,1-4H3. The van der Waals surface area contributed by atoms with Gasteiger partial charge in [-0.25, -0.2) is 4.52 Å². The first-order valence-electron chi connectivity index (χ1n) is 8.14. The molecule has 0 fully saturated rings. The molecule has 2 heterocycles. The number of aryl methyl sites for hydroxylation is 1. The van der Waals surface area contributed by atoms with Gasteiger partial charge in [-0.2, -0.15) is 0 Å².